The summed E-state index contributed by atoms with van der Waals surface area (Å²) in [6, 6.07) is 16.5. The van der Waals surface area contributed by atoms with Crippen molar-refractivity contribution in [2.75, 3.05) is 11.4 Å². The Balaban J connectivity index is 1.58. The van der Waals surface area contributed by atoms with Crippen molar-refractivity contribution in [2.45, 2.75) is 45.4 Å². The highest BCUT2D eigenvalue weighted by molar-refractivity contribution is 5.86. The van der Waals surface area contributed by atoms with E-state index in [1.807, 2.05) is 43.9 Å². The average Bonchev–Trinajstić information content (AvgIpc) is 2.72. The zero-order chi connectivity index (χ0) is 21.1. The van der Waals surface area contributed by atoms with E-state index < -0.39 is 11.7 Å². The summed E-state index contributed by atoms with van der Waals surface area (Å²) in [6.45, 7) is 6.30. The molecule has 1 fully saturated rings. The van der Waals surface area contributed by atoms with Gasteiger partial charge in [0.25, 0.3) is 0 Å². The summed E-state index contributed by atoms with van der Waals surface area (Å²) in [5.41, 5.74) is 1.36. The number of hydrogen-bond acceptors (Lipinski definition) is 5. The molecule has 1 radical (unpaired) electrons. The van der Waals surface area contributed by atoms with Gasteiger partial charge >= 0.3 is 6.09 Å². The van der Waals surface area contributed by atoms with E-state index in [1.54, 1.807) is 6.20 Å². The van der Waals surface area contributed by atoms with E-state index in [-0.39, 0.29) is 6.17 Å². The van der Waals surface area contributed by atoms with Crippen molar-refractivity contribution in [1.29, 1.82) is 0 Å². The lowest BCUT2D eigenvalue weighted by Gasteiger charge is -2.36. The van der Waals surface area contributed by atoms with Crippen LogP contribution in [-0.4, -0.2) is 34.4 Å². The van der Waals surface area contributed by atoms with Crippen molar-refractivity contribution < 1.29 is 9.53 Å². The van der Waals surface area contributed by atoms with Gasteiger partial charge in [-0.2, -0.15) is 0 Å². The second-order valence-corrected chi connectivity index (χ2v) is 8.47. The Hall–Kier alpha value is -3.15. The lowest BCUT2D eigenvalue weighted by molar-refractivity contribution is 0.0499. The van der Waals surface area contributed by atoms with Gasteiger partial charge in [0.2, 0.25) is 5.95 Å². The van der Waals surface area contributed by atoms with Crippen molar-refractivity contribution in [1.82, 2.24) is 15.3 Å². The van der Waals surface area contributed by atoms with E-state index in [0.717, 1.165) is 24.2 Å². The first-order valence-corrected chi connectivity index (χ1v) is 10.3. The Morgan fingerprint density at radius 1 is 1.13 bits per heavy atom. The quantitative estimate of drug-likeness (QED) is 0.670. The fraction of sp³-hybridized carbons (Fsp3) is 0.333. The molecule has 1 atom stereocenters. The predicted molar refractivity (Wildman–Crippen MR) is 119 cm³/mol. The van der Waals surface area contributed by atoms with Gasteiger partial charge in [0.1, 0.15) is 11.8 Å². The number of piperidine rings is 1. The average molecular weight is 404 g/mol. The third-order valence-electron chi connectivity index (χ3n) is 4.97. The number of anilines is 1. The fourth-order valence-electron chi connectivity index (χ4n) is 3.61. The van der Waals surface area contributed by atoms with Gasteiger partial charge in [0.15, 0.2) is 0 Å². The van der Waals surface area contributed by atoms with E-state index in [1.165, 1.54) is 10.8 Å². The number of amides is 1. The van der Waals surface area contributed by atoms with Crippen molar-refractivity contribution >= 4 is 22.8 Å². The Bertz CT molecular complexity index is 1040. The molecule has 1 amide bonds. The summed E-state index contributed by atoms with van der Waals surface area (Å²) in [5.74, 6) is 0.606. The van der Waals surface area contributed by atoms with Gasteiger partial charge in [0, 0.05) is 18.3 Å². The number of carbonyl (C=O) groups is 1. The molecule has 0 spiro atoms. The van der Waals surface area contributed by atoms with Crippen LogP contribution in [0, 0.1) is 6.42 Å². The second kappa shape index (κ2) is 8.30. The van der Waals surface area contributed by atoms with Gasteiger partial charge in [-0.1, -0.05) is 36.4 Å². The third kappa shape index (κ3) is 4.70. The van der Waals surface area contributed by atoms with Gasteiger partial charge < -0.3 is 15.0 Å². The zero-order valence-corrected chi connectivity index (χ0v) is 17.6. The standard InChI is InChI=1S/C24H27N4O2/c1-24(2,3)30-23(29)27-21-10-6-7-15-28(21)22-25-14-13-20(26-22)19-12-11-17-8-4-5-9-18(17)16-19/h4-6,8-9,11-14,16,21H,7,10,15H2,1-3H3,(H,27,29)/t21-/m1/s1. The smallest absolute Gasteiger partial charge is 0.409 e. The van der Waals surface area contributed by atoms with Crippen LogP contribution in [0.2, 0.25) is 0 Å². The topological polar surface area (TPSA) is 67.3 Å². The molecular weight excluding hydrogens is 376 g/mol. The van der Waals surface area contributed by atoms with Crippen molar-refractivity contribution in [3.63, 3.8) is 0 Å². The van der Waals surface area contributed by atoms with Crippen molar-refractivity contribution in [3.05, 3.63) is 61.1 Å². The first-order valence-electron chi connectivity index (χ1n) is 10.3. The van der Waals surface area contributed by atoms with Crippen LogP contribution in [0.15, 0.2) is 54.7 Å². The molecule has 1 aliphatic heterocycles. The Morgan fingerprint density at radius 2 is 1.93 bits per heavy atom. The van der Waals surface area contributed by atoms with Gasteiger partial charge in [0.05, 0.1) is 5.69 Å². The molecule has 6 nitrogen and oxygen atoms in total. The largest absolute Gasteiger partial charge is 0.444 e. The minimum absolute atomic E-state index is 0.236. The number of ether oxygens (including phenoxy) is 1. The molecule has 1 aromatic heterocycles. The Labute approximate surface area is 177 Å². The van der Waals surface area contributed by atoms with E-state index in [2.05, 4.69) is 47.1 Å². The van der Waals surface area contributed by atoms with Crippen LogP contribution in [0.3, 0.4) is 0 Å². The first-order chi connectivity index (χ1) is 14.4. The van der Waals surface area contributed by atoms with Crippen LogP contribution in [-0.2, 0) is 4.74 Å². The third-order valence-corrected chi connectivity index (χ3v) is 4.97. The van der Waals surface area contributed by atoms with Crippen LogP contribution in [0.5, 0.6) is 0 Å². The number of alkyl carbamates (subject to hydrolysis) is 1. The Kier molecular flexibility index (Phi) is 5.57. The monoisotopic (exact) mass is 403 g/mol. The summed E-state index contributed by atoms with van der Waals surface area (Å²) in [7, 11) is 0. The van der Waals surface area contributed by atoms with Crippen molar-refractivity contribution in [2.24, 2.45) is 0 Å². The maximum absolute atomic E-state index is 12.3. The minimum Gasteiger partial charge on any atom is -0.444 e. The number of hydrogen-bond donors (Lipinski definition) is 1. The normalized spacial score (nSPS) is 17.0. The molecule has 0 aliphatic carbocycles. The molecule has 30 heavy (non-hydrogen) atoms. The number of benzene rings is 2. The number of nitrogens with one attached hydrogen (secondary N) is 1. The van der Waals surface area contributed by atoms with Gasteiger partial charge in [-0.15, -0.1) is 0 Å². The van der Waals surface area contributed by atoms with Gasteiger partial charge in [-0.25, -0.2) is 14.8 Å². The maximum atomic E-state index is 12.3. The molecule has 1 N–H and O–H groups in total. The van der Waals surface area contributed by atoms with Crippen LogP contribution in [0.25, 0.3) is 22.0 Å². The van der Waals surface area contributed by atoms with Gasteiger partial charge in [-0.05, 0) is 62.9 Å². The summed E-state index contributed by atoms with van der Waals surface area (Å²) < 4.78 is 5.43. The lowest BCUT2D eigenvalue weighted by Crippen LogP contribution is -2.52. The number of rotatable bonds is 3. The van der Waals surface area contributed by atoms with E-state index in [0.29, 0.717) is 12.4 Å². The molecular formula is C24H27N4O2. The fourth-order valence-corrected chi connectivity index (χ4v) is 3.61. The lowest BCUT2D eigenvalue weighted by atomic mass is 10.0. The molecule has 6 heteroatoms. The highest BCUT2D eigenvalue weighted by Gasteiger charge is 2.28. The maximum Gasteiger partial charge on any atom is 0.409 e. The van der Waals surface area contributed by atoms with Gasteiger partial charge in [-0.3, -0.25) is 0 Å². The molecule has 0 saturated carbocycles. The molecule has 155 valence electrons. The van der Waals surface area contributed by atoms with Crippen LogP contribution in [0.4, 0.5) is 10.7 Å². The van der Waals surface area contributed by atoms with E-state index in [4.69, 9.17) is 9.72 Å². The molecule has 0 bridgehead atoms. The number of aromatic nitrogens is 2. The molecule has 4 rings (SSSR count). The van der Waals surface area contributed by atoms with Crippen molar-refractivity contribution in [3.8, 4) is 11.3 Å². The predicted octanol–water partition coefficient (Wildman–Crippen LogP) is 4.95. The SMILES string of the molecule is CC(C)(C)OC(=O)N[C@H]1C[CH]CCN1c1nccc(-c2ccc3ccccc3c2)n1. The Morgan fingerprint density at radius 3 is 2.73 bits per heavy atom. The zero-order valence-electron chi connectivity index (χ0n) is 17.6. The molecule has 2 aromatic carbocycles. The van der Waals surface area contributed by atoms with Crippen LogP contribution < -0.4 is 10.2 Å². The summed E-state index contributed by atoms with van der Waals surface area (Å²) >= 11 is 0. The van der Waals surface area contributed by atoms with Crippen LogP contribution >= 0.6 is 0 Å². The highest BCUT2D eigenvalue weighted by Crippen LogP contribution is 2.26. The summed E-state index contributed by atoms with van der Waals surface area (Å²) in [5, 5.41) is 5.33. The number of fused-ring (bicyclic) bond motifs is 1. The second-order valence-electron chi connectivity index (χ2n) is 8.47. The highest BCUT2D eigenvalue weighted by atomic mass is 16.6. The first kappa shape index (κ1) is 20.1. The molecule has 3 aromatic rings. The summed E-state index contributed by atoms with van der Waals surface area (Å²) in [6.07, 6.45) is 4.90. The van der Waals surface area contributed by atoms with Crippen LogP contribution in [0.1, 0.15) is 33.6 Å². The number of carbonyl (C=O) groups excluding carboxylic acids is 1. The number of nitrogens with zero attached hydrogens (tertiary/aromatic N) is 3. The minimum atomic E-state index is -0.542. The molecule has 1 aliphatic rings. The molecule has 2 heterocycles. The van der Waals surface area contributed by atoms with E-state index >= 15 is 0 Å². The summed E-state index contributed by atoms with van der Waals surface area (Å²) in [4.78, 5) is 23.6. The molecule has 1 saturated heterocycles. The molecule has 0 unspecified atom stereocenters. The van der Waals surface area contributed by atoms with E-state index in [9.17, 15) is 4.79 Å².